The molecular formula is C26H23N5O3. The number of aromatic nitrogens is 3. The van der Waals surface area contributed by atoms with Crippen molar-refractivity contribution in [1.82, 2.24) is 20.1 Å². The Balaban J connectivity index is 1.59. The normalized spacial score (nSPS) is 14.6. The zero-order valence-electron chi connectivity index (χ0n) is 18.4. The molecule has 8 nitrogen and oxygen atoms in total. The minimum Gasteiger partial charge on any atom is -0.394 e. The summed E-state index contributed by atoms with van der Waals surface area (Å²) in [6, 6.07) is 16.0. The molecule has 1 aliphatic rings. The molecule has 0 spiro atoms. The summed E-state index contributed by atoms with van der Waals surface area (Å²) in [6.45, 7) is -0.249. The molecule has 2 aromatic carbocycles. The van der Waals surface area contributed by atoms with E-state index in [9.17, 15) is 14.7 Å². The van der Waals surface area contributed by atoms with Gasteiger partial charge >= 0.3 is 0 Å². The molecule has 0 fully saturated rings. The van der Waals surface area contributed by atoms with Gasteiger partial charge in [0.25, 0.3) is 11.8 Å². The summed E-state index contributed by atoms with van der Waals surface area (Å²) >= 11 is 0. The van der Waals surface area contributed by atoms with Crippen molar-refractivity contribution in [2.75, 3.05) is 11.9 Å². The van der Waals surface area contributed by atoms with Crippen LogP contribution in [0.2, 0.25) is 0 Å². The Labute approximate surface area is 195 Å². The summed E-state index contributed by atoms with van der Waals surface area (Å²) in [5.74, 6) is -0.597. The van der Waals surface area contributed by atoms with Gasteiger partial charge in [-0.1, -0.05) is 30.3 Å². The van der Waals surface area contributed by atoms with E-state index < -0.39 is 6.04 Å². The molecule has 5 rings (SSSR count). The number of hydrogen-bond donors (Lipinski definition) is 4. The molecule has 1 aliphatic heterocycles. The van der Waals surface area contributed by atoms with Crippen molar-refractivity contribution in [2.24, 2.45) is 7.05 Å². The third-order valence-corrected chi connectivity index (χ3v) is 5.81. The minimum atomic E-state index is -0.572. The van der Waals surface area contributed by atoms with Crippen molar-refractivity contribution < 1.29 is 14.7 Å². The van der Waals surface area contributed by atoms with Crippen molar-refractivity contribution in [3.8, 4) is 11.1 Å². The molecule has 8 heteroatoms. The van der Waals surface area contributed by atoms with Gasteiger partial charge in [-0.15, -0.1) is 0 Å². The number of carbonyl (C=O) groups is 2. The summed E-state index contributed by atoms with van der Waals surface area (Å²) in [6.07, 6.45) is 7.02. The van der Waals surface area contributed by atoms with E-state index in [0.29, 0.717) is 28.0 Å². The van der Waals surface area contributed by atoms with Crippen molar-refractivity contribution in [2.45, 2.75) is 6.04 Å². The molecule has 2 aromatic heterocycles. The van der Waals surface area contributed by atoms with Gasteiger partial charge < -0.3 is 20.7 Å². The van der Waals surface area contributed by atoms with Crippen LogP contribution >= 0.6 is 0 Å². The summed E-state index contributed by atoms with van der Waals surface area (Å²) < 4.78 is 1.65. The predicted molar refractivity (Wildman–Crippen MR) is 130 cm³/mol. The van der Waals surface area contributed by atoms with Crippen LogP contribution in [0.15, 0.2) is 73.2 Å². The first kappa shape index (κ1) is 21.4. The number of amides is 2. The van der Waals surface area contributed by atoms with E-state index in [4.69, 9.17) is 0 Å². The largest absolute Gasteiger partial charge is 0.394 e. The quantitative estimate of drug-likeness (QED) is 0.335. The van der Waals surface area contributed by atoms with Crippen molar-refractivity contribution >= 4 is 29.2 Å². The van der Waals surface area contributed by atoms with Crippen LogP contribution < -0.4 is 10.6 Å². The maximum absolute atomic E-state index is 13.5. The SMILES string of the molecule is Cn1cc(-c2cc3c(cc2C(=O)N[C@H](CO)c2ccccc2)/C(=C/c2ccc[nH]2)C(=O)N3)cn1. The first-order chi connectivity index (χ1) is 16.5. The number of nitrogens with zero attached hydrogens (tertiary/aromatic N) is 2. The number of H-pyrrole nitrogens is 1. The first-order valence-corrected chi connectivity index (χ1v) is 10.8. The lowest BCUT2D eigenvalue weighted by Crippen LogP contribution is -2.31. The molecule has 34 heavy (non-hydrogen) atoms. The van der Waals surface area contributed by atoms with Gasteiger partial charge in [0.15, 0.2) is 0 Å². The minimum absolute atomic E-state index is 0.239. The molecule has 0 saturated carbocycles. The number of anilines is 1. The van der Waals surface area contributed by atoms with E-state index in [1.165, 1.54) is 0 Å². The number of aliphatic hydroxyl groups is 1. The Morgan fingerprint density at radius 1 is 1.18 bits per heavy atom. The molecule has 0 aliphatic carbocycles. The van der Waals surface area contributed by atoms with Crippen molar-refractivity contribution in [3.63, 3.8) is 0 Å². The van der Waals surface area contributed by atoms with Crippen LogP contribution in [-0.2, 0) is 11.8 Å². The standard InChI is InChI=1S/C26H23N5O3/c1-31-14-17(13-28-31)19-12-23-20(21(25(33)29-23)10-18-8-5-9-27-18)11-22(19)26(34)30-24(15-32)16-6-3-2-4-7-16/h2-14,24,27,32H,15H2,1H3,(H,29,33)(H,30,34)/b21-10-/t24-/m1/s1. The third kappa shape index (κ3) is 4.02. The number of rotatable bonds is 6. The molecule has 2 amide bonds. The number of hydrogen-bond acceptors (Lipinski definition) is 4. The predicted octanol–water partition coefficient (Wildman–Crippen LogP) is 3.37. The maximum atomic E-state index is 13.5. The molecular weight excluding hydrogens is 430 g/mol. The Morgan fingerprint density at radius 3 is 2.68 bits per heavy atom. The Morgan fingerprint density at radius 2 is 2.00 bits per heavy atom. The fourth-order valence-corrected chi connectivity index (χ4v) is 4.11. The number of carbonyl (C=O) groups excluding carboxylic acids is 2. The number of aromatic amines is 1. The third-order valence-electron chi connectivity index (χ3n) is 5.81. The van der Waals surface area contributed by atoms with Crippen LogP contribution in [0.4, 0.5) is 5.69 Å². The average molecular weight is 454 g/mol. The molecule has 4 N–H and O–H groups in total. The van der Waals surface area contributed by atoms with Crippen LogP contribution in [0.25, 0.3) is 22.8 Å². The highest BCUT2D eigenvalue weighted by Crippen LogP contribution is 2.38. The van der Waals surface area contributed by atoms with E-state index >= 15 is 0 Å². The van der Waals surface area contributed by atoms with Crippen LogP contribution in [-0.4, -0.2) is 38.3 Å². The first-order valence-electron chi connectivity index (χ1n) is 10.8. The van der Waals surface area contributed by atoms with Gasteiger partial charge in [0, 0.05) is 47.5 Å². The van der Waals surface area contributed by atoms with E-state index in [1.807, 2.05) is 48.7 Å². The van der Waals surface area contributed by atoms with E-state index in [1.54, 1.807) is 42.3 Å². The zero-order valence-corrected chi connectivity index (χ0v) is 18.4. The van der Waals surface area contributed by atoms with Crippen LogP contribution in [0.3, 0.4) is 0 Å². The number of fused-ring (bicyclic) bond motifs is 1. The molecule has 3 heterocycles. The topological polar surface area (TPSA) is 112 Å². The Bertz CT molecular complexity index is 1390. The lowest BCUT2D eigenvalue weighted by molar-refractivity contribution is -0.110. The van der Waals surface area contributed by atoms with Gasteiger partial charge in [-0.05, 0) is 41.5 Å². The molecule has 170 valence electrons. The average Bonchev–Trinajstić information content (AvgIpc) is 3.58. The summed E-state index contributed by atoms with van der Waals surface area (Å²) in [7, 11) is 1.80. The Hall–Kier alpha value is -4.43. The van der Waals surface area contributed by atoms with Crippen molar-refractivity contribution in [3.05, 3.63) is 95.6 Å². The van der Waals surface area contributed by atoms with E-state index in [2.05, 4.69) is 20.7 Å². The lowest BCUT2D eigenvalue weighted by atomic mass is 9.95. The van der Waals surface area contributed by atoms with Gasteiger partial charge in [-0.3, -0.25) is 14.3 Å². The highest BCUT2D eigenvalue weighted by Gasteiger charge is 2.29. The monoisotopic (exact) mass is 453 g/mol. The van der Waals surface area contributed by atoms with Crippen molar-refractivity contribution in [1.29, 1.82) is 0 Å². The summed E-state index contributed by atoms with van der Waals surface area (Å²) in [5, 5.41) is 20.0. The smallest absolute Gasteiger partial charge is 0.256 e. The zero-order chi connectivity index (χ0) is 23.7. The van der Waals surface area contributed by atoms with Gasteiger partial charge in [-0.2, -0.15) is 5.10 Å². The summed E-state index contributed by atoms with van der Waals surface area (Å²) in [5.41, 5.74) is 5.07. The van der Waals surface area contributed by atoms with Gasteiger partial charge in [0.05, 0.1) is 24.4 Å². The maximum Gasteiger partial charge on any atom is 0.256 e. The second-order valence-electron chi connectivity index (χ2n) is 8.10. The molecule has 0 unspecified atom stereocenters. The second-order valence-corrected chi connectivity index (χ2v) is 8.10. The number of benzene rings is 2. The number of aliphatic hydroxyl groups excluding tert-OH is 1. The molecule has 1 atom stereocenters. The second kappa shape index (κ2) is 8.84. The molecule has 4 aromatic rings. The van der Waals surface area contributed by atoms with Gasteiger partial charge in [0.2, 0.25) is 0 Å². The molecule has 0 radical (unpaired) electrons. The van der Waals surface area contributed by atoms with E-state index in [-0.39, 0.29) is 18.4 Å². The van der Waals surface area contributed by atoms with Gasteiger partial charge in [-0.25, -0.2) is 0 Å². The highest BCUT2D eigenvalue weighted by molar-refractivity contribution is 6.35. The number of nitrogens with one attached hydrogen (secondary N) is 3. The highest BCUT2D eigenvalue weighted by atomic mass is 16.3. The fourth-order valence-electron chi connectivity index (χ4n) is 4.11. The van der Waals surface area contributed by atoms with Crippen LogP contribution in [0.1, 0.15) is 33.2 Å². The van der Waals surface area contributed by atoms with Gasteiger partial charge in [0.1, 0.15) is 0 Å². The van der Waals surface area contributed by atoms with E-state index in [0.717, 1.165) is 16.8 Å². The van der Waals surface area contributed by atoms with Crippen LogP contribution in [0.5, 0.6) is 0 Å². The number of aryl methyl sites for hydroxylation is 1. The summed E-state index contributed by atoms with van der Waals surface area (Å²) in [4.78, 5) is 29.3. The molecule has 0 saturated heterocycles. The Kier molecular flexibility index (Phi) is 5.57. The fraction of sp³-hybridized carbons (Fsp3) is 0.115. The molecule has 0 bridgehead atoms. The van der Waals surface area contributed by atoms with Crippen LogP contribution in [0, 0.1) is 0 Å². The lowest BCUT2D eigenvalue weighted by Gasteiger charge is -2.18.